The van der Waals surface area contributed by atoms with Crippen molar-refractivity contribution in [1.82, 2.24) is 0 Å². The predicted molar refractivity (Wildman–Crippen MR) is 104 cm³/mol. The van der Waals surface area contributed by atoms with Crippen molar-refractivity contribution in [2.24, 2.45) is 10.9 Å². The van der Waals surface area contributed by atoms with Gasteiger partial charge in [0.25, 0.3) is 5.69 Å². The van der Waals surface area contributed by atoms with Gasteiger partial charge in [-0.25, -0.2) is 4.79 Å². The van der Waals surface area contributed by atoms with Crippen molar-refractivity contribution >= 4 is 23.3 Å². The highest BCUT2D eigenvalue weighted by molar-refractivity contribution is 6.07. The Morgan fingerprint density at radius 3 is 2.38 bits per heavy atom. The van der Waals surface area contributed by atoms with E-state index in [1.54, 1.807) is 27.7 Å². The van der Waals surface area contributed by atoms with Crippen molar-refractivity contribution in [3.63, 3.8) is 0 Å². The molecule has 0 saturated heterocycles. The molecule has 0 saturated carbocycles. The average molecular weight is 404 g/mol. The van der Waals surface area contributed by atoms with Crippen LogP contribution in [0.2, 0.25) is 0 Å². The van der Waals surface area contributed by atoms with Crippen molar-refractivity contribution in [2.75, 3.05) is 13.2 Å². The van der Waals surface area contributed by atoms with Gasteiger partial charge in [-0.15, -0.1) is 0 Å². The molecule has 1 N–H and O–H groups in total. The lowest BCUT2D eigenvalue weighted by Gasteiger charge is -2.32. The second-order valence-electron chi connectivity index (χ2n) is 6.90. The summed E-state index contributed by atoms with van der Waals surface area (Å²) in [6.45, 7) is 6.18. The zero-order chi connectivity index (χ0) is 21.7. The van der Waals surface area contributed by atoms with Gasteiger partial charge < -0.3 is 14.6 Å². The fourth-order valence-corrected chi connectivity index (χ4v) is 3.29. The molecule has 156 valence electrons. The lowest BCUT2D eigenvalue weighted by molar-refractivity contribution is -0.384. The summed E-state index contributed by atoms with van der Waals surface area (Å²) in [5, 5.41) is 19.9. The van der Waals surface area contributed by atoms with E-state index in [0.29, 0.717) is 17.0 Å². The van der Waals surface area contributed by atoms with Crippen molar-refractivity contribution < 1.29 is 29.1 Å². The number of nitro groups is 1. The van der Waals surface area contributed by atoms with Crippen LogP contribution in [0.25, 0.3) is 0 Å². The van der Waals surface area contributed by atoms with E-state index in [1.165, 1.54) is 24.3 Å². The van der Waals surface area contributed by atoms with Gasteiger partial charge in [0.15, 0.2) is 0 Å². The van der Waals surface area contributed by atoms with Gasteiger partial charge in [0.05, 0.1) is 23.2 Å². The minimum Gasteiger partial charge on any atom is -0.462 e. The molecule has 1 aromatic rings. The Bertz CT molecular complexity index is 856. The van der Waals surface area contributed by atoms with Crippen molar-refractivity contribution in [1.29, 1.82) is 0 Å². The zero-order valence-corrected chi connectivity index (χ0v) is 16.7. The summed E-state index contributed by atoms with van der Waals surface area (Å²) in [5.74, 6) is -2.94. The molecule has 9 heteroatoms. The standard InChI is InChI=1S/C20H24N2O7/c1-11(2)29-20(25)17-13(4)21-12(3)16(19(24)28-10-9-23)18(17)14-5-7-15(8-6-14)22(26)27/h5-8,11,17-18,23H,9-10H2,1-4H3. The van der Waals surface area contributed by atoms with Crippen LogP contribution in [0.5, 0.6) is 0 Å². The number of esters is 2. The molecule has 9 nitrogen and oxygen atoms in total. The van der Waals surface area contributed by atoms with Gasteiger partial charge >= 0.3 is 11.9 Å². The summed E-state index contributed by atoms with van der Waals surface area (Å²) in [5.41, 5.74) is 1.41. The largest absolute Gasteiger partial charge is 0.462 e. The second-order valence-corrected chi connectivity index (χ2v) is 6.90. The molecule has 29 heavy (non-hydrogen) atoms. The van der Waals surface area contributed by atoms with Crippen LogP contribution in [0, 0.1) is 16.0 Å². The smallest absolute Gasteiger partial charge is 0.336 e. The topological polar surface area (TPSA) is 128 Å². The predicted octanol–water partition coefficient (Wildman–Crippen LogP) is 2.53. The van der Waals surface area contributed by atoms with Gasteiger partial charge in [0.2, 0.25) is 0 Å². The number of benzene rings is 1. The number of nitrogens with zero attached hydrogens (tertiary/aromatic N) is 2. The molecular weight excluding hydrogens is 380 g/mol. The molecule has 1 aromatic carbocycles. The highest BCUT2D eigenvalue weighted by Gasteiger charge is 2.42. The molecule has 0 aromatic heterocycles. The third-order valence-electron chi connectivity index (χ3n) is 4.44. The fourth-order valence-electron chi connectivity index (χ4n) is 3.29. The monoisotopic (exact) mass is 404 g/mol. The number of non-ortho nitro benzene ring substituents is 1. The number of carbonyl (C=O) groups excluding carboxylic acids is 2. The molecule has 0 bridgehead atoms. The first-order chi connectivity index (χ1) is 13.7. The van der Waals surface area contributed by atoms with Gasteiger partial charge in [-0.2, -0.15) is 0 Å². The maximum Gasteiger partial charge on any atom is 0.336 e. The Morgan fingerprint density at radius 2 is 1.86 bits per heavy atom. The summed E-state index contributed by atoms with van der Waals surface area (Å²) < 4.78 is 10.5. The molecule has 0 radical (unpaired) electrons. The van der Waals surface area contributed by atoms with Gasteiger partial charge in [-0.3, -0.25) is 19.9 Å². The summed E-state index contributed by atoms with van der Waals surface area (Å²) in [7, 11) is 0. The second kappa shape index (κ2) is 9.42. The fraction of sp³-hybridized carbons (Fsp3) is 0.450. The van der Waals surface area contributed by atoms with Crippen LogP contribution in [0.1, 0.15) is 39.2 Å². The van der Waals surface area contributed by atoms with Gasteiger partial charge in [0.1, 0.15) is 12.5 Å². The normalized spacial score (nSPS) is 19.0. The maximum absolute atomic E-state index is 12.8. The van der Waals surface area contributed by atoms with Crippen LogP contribution in [0.3, 0.4) is 0 Å². The van der Waals surface area contributed by atoms with Crippen LogP contribution < -0.4 is 0 Å². The van der Waals surface area contributed by atoms with Crippen molar-refractivity contribution in [3.05, 3.63) is 51.2 Å². The van der Waals surface area contributed by atoms with Crippen LogP contribution in [0.4, 0.5) is 5.69 Å². The maximum atomic E-state index is 12.8. The minimum absolute atomic E-state index is 0.110. The van der Waals surface area contributed by atoms with E-state index >= 15 is 0 Å². The van der Waals surface area contributed by atoms with E-state index in [2.05, 4.69) is 4.99 Å². The third kappa shape index (κ3) is 5.05. The molecule has 0 fully saturated rings. The first kappa shape index (κ1) is 22.2. The Labute approximate surface area is 168 Å². The molecule has 1 aliphatic rings. The van der Waals surface area contributed by atoms with Gasteiger partial charge in [-0.1, -0.05) is 12.1 Å². The number of nitro benzene ring substituents is 1. The molecule has 2 rings (SSSR count). The molecule has 2 unspecified atom stereocenters. The number of aliphatic hydroxyl groups is 1. The summed E-state index contributed by atoms with van der Waals surface area (Å²) in [4.78, 5) is 40.3. The Hall–Kier alpha value is -3.07. The highest BCUT2D eigenvalue weighted by Crippen LogP contribution is 2.40. The Morgan fingerprint density at radius 1 is 1.24 bits per heavy atom. The van der Waals surface area contributed by atoms with Crippen LogP contribution in [-0.2, 0) is 19.1 Å². The Kier molecular flexibility index (Phi) is 7.22. The zero-order valence-electron chi connectivity index (χ0n) is 16.7. The average Bonchev–Trinajstić information content (AvgIpc) is 2.64. The van der Waals surface area contributed by atoms with Crippen LogP contribution >= 0.6 is 0 Å². The van der Waals surface area contributed by atoms with Crippen molar-refractivity contribution in [2.45, 2.75) is 39.7 Å². The lowest BCUT2D eigenvalue weighted by atomic mass is 9.75. The van der Waals surface area contributed by atoms with E-state index in [4.69, 9.17) is 14.6 Å². The van der Waals surface area contributed by atoms with Gasteiger partial charge in [0, 0.05) is 29.5 Å². The van der Waals surface area contributed by atoms with E-state index in [9.17, 15) is 19.7 Å². The van der Waals surface area contributed by atoms with Crippen LogP contribution in [0.15, 0.2) is 40.5 Å². The molecule has 2 atom stereocenters. The first-order valence-electron chi connectivity index (χ1n) is 9.16. The Balaban J connectivity index is 2.58. The summed E-state index contributed by atoms with van der Waals surface area (Å²) in [6.07, 6.45) is -0.371. The quantitative estimate of drug-likeness (QED) is 0.420. The number of rotatable bonds is 7. The SMILES string of the molecule is CC1=NC(C)=C(C(=O)OCCO)C(c2ccc([N+](=O)[O-])cc2)C1C(=O)OC(C)C. The highest BCUT2D eigenvalue weighted by atomic mass is 16.6. The number of aliphatic hydroxyl groups excluding tert-OH is 1. The molecule has 1 heterocycles. The number of carbonyl (C=O) groups is 2. The third-order valence-corrected chi connectivity index (χ3v) is 4.44. The number of allylic oxidation sites excluding steroid dienone is 1. The van der Waals surface area contributed by atoms with Crippen molar-refractivity contribution in [3.8, 4) is 0 Å². The number of hydrogen-bond donors (Lipinski definition) is 1. The minimum atomic E-state index is -0.890. The molecule has 0 spiro atoms. The molecular formula is C20H24N2O7. The number of hydrogen-bond acceptors (Lipinski definition) is 8. The summed E-state index contributed by atoms with van der Waals surface area (Å²) >= 11 is 0. The van der Waals surface area contributed by atoms with E-state index in [-0.39, 0.29) is 30.6 Å². The van der Waals surface area contributed by atoms with E-state index in [0.717, 1.165) is 0 Å². The number of aliphatic imine (C=N–C) groups is 1. The lowest BCUT2D eigenvalue weighted by Crippen LogP contribution is -2.37. The molecule has 0 amide bonds. The number of ether oxygens (including phenoxy) is 2. The van der Waals surface area contributed by atoms with E-state index in [1.807, 2.05) is 0 Å². The van der Waals surface area contributed by atoms with Crippen LogP contribution in [-0.4, -0.2) is 47.0 Å². The summed E-state index contributed by atoms with van der Waals surface area (Å²) in [6, 6.07) is 5.63. The molecule has 1 aliphatic heterocycles. The first-order valence-corrected chi connectivity index (χ1v) is 9.16. The molecule has 0 aliphatic carbocycles. The van der Waals surface area contributed by atoms with E-state index < -0.39 is 28.7 Å². The van der Waals surface area contributed by atoms with Gasteiger partial charge in [-0.05, 0) is 33.3 Å².